The summed E-state index contributed by atoms with van der Waals surface area (Å²) >= 11 is 5.02. The lowest BCUT2D eigenvalue weighted by molar-refractivity contribution is -0.135. The molecule has 0 amide bonds. The summed E-state index contributed by atoms with van der Waals surface area (Å²) in [5, 5.41) is 32.5. The van der Waals surface area contributed by atoms with Gasteiger partial charge in [-0.1, -0.05) is 50.4 Å². The van der Waals surface area contributed by atoms with Crippen LogP contribution in [0.2, 0.25) is 0 Å². The van der Waals surface area contributed by atoms with Crippen molar-refractivity contribution in [3.8, 4) is 0 Å². The van der Waals surface area contributed by atoms with E-state index in [1.807, 2.05) is 26.8 Å². The number of aromatic nitrogens is 3. The summed E-state index contributed by atoms with van der Waals surface area (Å²) in [7, 11) is 0. The molecule has 1 aliphatic heterocycles. The summed E-state index contributed by atoms with van der Waals surface area (Å²) in [6.07, 6.45) is 3.27. The normalized spacial score (nSPS) is 12.4. The van der Waals surface area contributed by atoms with E-state index >= 15 is 0 Å². The van der Waals surface area contributed by atoms with Gasteiger partial charge in [0.2, 0.25) is 0 Å². The Morgan fingerprint density at radius 2 is 1.38 bits per heavy atom. The van der Waals surface area contributed by atoms with E-state index in [-0.39, 0.29) is 31.0 Å². The molecule has 0 saturated carbocycles. The van der Waals surface area contributed by atoms with Crippen LogP contribution >= 0.6 is 11.6 Å². The lowest BCUT2D eigenvalue weighted by atomic mass is 10.2. The van der Waals surface area contributed by atoms with Gasteiger partial charge in [0.15, 0.2) is 11.4 Å². The topological polar surface area (TPSA) is 231 Å². The summed E-state index contributed by atoms with van der Waals surface area (Å²) in [6.45, 7) is 20.6. The van der Waals surface area contributed by atoms with Crippen molar-refractivity contribution < 1.29 is 57.3 Å². The number of ether oxygens (including phenoxy) is 3. The molecular weight excluding hydrogens is 682 g/mol. The first-order valence-electron chi connectivity index (χ1n) is 15.3. The van der Waals surface area contributed by atoms with Crippen LogP contribution in [0.5, 0.6) is 0 Å². The molecule has 1 unspecified atom stereocenters. The van der Waals surface area contributed by atoms with Crippen LogP contribution in [0.15, 0.2) is 54.7 Å². The van der Waals surface area contributed by atoms with Crippen LogP contribution in [0.3, 0.4) is 0 Å². The predicted molar refractivity (Wildman–Crippen MR) is 182 cm³/mol. The smallest absolute Gasteiger partial charge is 0.372 e. The number of nitrogens with zero attached hydrogens (tertiary/aromatic N) is 5. The van der Waals surface area contributed by atoms with Gasteiger partial charge in [-0.3, -0.25) is 0 Å². The summed E-state index contributed by atoms with van der Waals surface area (Å²) in [5.74, 6) is 0.604. The molecule has 0 saturated heterocycles. The fraction of sp³-hybridized carbons (Fsp3) is 0.500. The van der Waals surface area contributed by atoms with Crippen LogP contribution in [0.4, 0.5) is 0 Å². The van der Waals surface area contributed by atoms with Gasteiger partial charge >= 0.3 is 17.9 Å². The number of aryl methyl sites for hydroxylation is 4. The van der Waals surface area contributed by atoms with Crippen LogP contribution in [-0.4, -0.2) is 80.5 Å². The van der Waals surface area contributed by atoms with Crippen LogP contribution in [0.25, 0.3) is 0 Å². The van der Waals surface area contributed by atoms with E-state index in [9.17, 15) is 14.4 Å². The second-order valence-corrected chi connectivity index (χ2v) is 9.67. The van der Waals surface area contributed by atoms with Crippen LogP contribution in [0.1, 0.15) is 87.1 Å². The van der Waals surface area contributed by atoms with Gasteiger partial charge < -0.3 is 42.9 Å². The molecule has 4 heterocycles. The van der Waals surface area contributed by atoms with Gasteiger partial charge in [-0.15, -0.1) is 6.58 Å². The lowest BCUT2D eigenvalue weighted by Crippen LogP contribution is -2.16. The van der Waals surface area contributed by atoms with E-state index in [2.05, 4.69) is 57.8 Å². The number of aliphatic hydroxyl groups excluding tert-OH is 1. The molecule has 0 bridgehead atoms. The van der Waals surface area contributed by atoms with Gasteiger partial charge in [0, 0.05) is 24.6 Å². The highest BCUT2D eigenvalue weighted by Crippen LogP contribution is 2.10. The van der Waals surface area contributed by atoms with Crippen molar-refractivity contribution in [3.63, 3.8) is 0 Å². The number of aliphatic hydroxyl groups is 1. The quantitative estimate of drug-likeness (QED) is 0.0711. The second kappa shape index (κ2) is 28.9. The van der Waals surface area contributed by atoms with Crippen LogP contribution in [-0.2, 0) is 41.7 Å². The first-order chi connectivity index (χ1) is 23.8. The Kier molecular flexibility index (Phi) is 27.2. The molecule has 280 valence electrons. The third kappa shape index (κ3) is 22.5. The second-order valence-electron chi connectivity index (χ2n) is 9.31. The fourth-order valence-corrected chi connectivity index (χ4v) is 2.87. The Balaban J connectivity index is 0. The number of carbonyl (C=O) groups excluding carboxylic acids is 3. The summed E-state index contributed by atoms with van der Waals surface area (Å²) in [6, 6.07) is 5.18. The maximum Gasteiger partial charge on any atom is 0.372 e. The van der Waals surface area contributed by atoms with Gasteiger partial charge in [-0.2, -0.15) is 0 Å². The van der Waals surface area contributed by atoms with E-state index in [0.29, 0.717) is 36.8 Å². The number of halogens is 1. The minimum atomic E-state index is -0.818. The van der Waals surface area contributed by atoms with Crippen molar-refractivity contribution >= 4 is 40.4 Å². The largest absolute Gasteiger partial charge is 0.461 e. The first kappa shape index (κ1) is 47.1. The van der Waals surface area contributed by atoms with E-state index in [1.165, 1.54) is 6.07 Å². The van der Waals surface area contributed by atoms with Gasteiger partial charge in [0.05, 0.1) is 32.1 Å². The van der Waals surface area contributed by atoms with Crippen molar-refractivity contribution in [2.75, 3.05) is 19.8 Å². The Morgan fingerprint density at radius 3 is 1.70 bits per heavy atom. The van der Waals surface area contributed by atoms with Crippen molar-refractivity contribution in [2.24, 2.45) is 10.3 Å². The fourth-order valence-electron chi connectivity index (χ4n) is 2.81. The molecule has 4 rings (SSSR count). The minimum absolute atomic E-state index is 0.00871. The number of rotatable bonds is 8. The maximum absolute atomic E-state index is 11.0. The molecule has 50 heavy (non-hydrogen) atoms. The highest BCUT2D eigenvalue weighted by atomic mass is 35.5. The number of oxime groups is 2. The zero-order chi connectivity index (χ0) is 38.5. The summed E-state index contributed by atoms with van der Waals surface area (Å²) in [4.78, 5) is 37.0. The molecule has 2 N–H and O–H groups in total. The van der Waals surface area contributed by atoms with Crippen LogP contribution in [0, 0.1) is 20.8 Å². The van der Waals surface area contributed by atoms with Gasteiger partial charge in [-0.25, -0.2) is 14.4 Å². The zero-order valence-electron chi connectivity index (χ0n) is 29.9. The number of hydrogen-bond acceptors (Lipinski definition) is 17. The highest BCUT2D eigenvalue weighted by molar-refractivity contribution is 6.81. The molecule has 0 aliphatic carbocycles. The average molecular weight is 730 g/mol. The van der Waals surface area contributed by atoms with E-state index in [4.69, 9.17) is 36.0 Å². The molecule has 17 nitrogen and oxygen atoms in total. The molecule has 0 spiro atoms. The van der Waals surface area contributed by atoms with E-state index in [0.717, 1.165) is 23.6 Å². The Morgan fingerprint density at radius 1 is 0.900 bits per heavy atom. The molecule has 0 aromatic carbocycles. The molecule has 0 fully saturated rings. The molecule has 0 radical (unpaired) electrons. The Labute approximate surface area is 296 Å². The van der Waals surface area contributed by atoms with Crippen molar-refractivity contribution in [1.29, 1.82) is 0 Å². The molecular formula is C32H48ClN5O12. The Bertz CT molecular complexity index is 1410. The van der Waals surface area contributed by atoms with Gasteiger partial charge in [-0.05, 0) is 61.8 Å². The molecule has 1 atom stereocenters. The number of carbonyl (C=O) groups is 3. The number of allylic oxidation sites excluding steroid dienone is 1. The molecule has 1 aliphatic rings. The average Bonchev–Trinajstić information content (AvgIpc) is 3.91. The summed E-state index contributed by atoms with van der Waals surface area (Å²) in [5.41, 5.74) is 2.23. The van der Waals surface area contributed by atoms with Gasteiger partial charge in [0.1, 0.15) is 29.1 Å². The number of hydrogen-bond donors (Lipinski definition) is 2. The SMILES string of the molecule is C=CC.CCOC(=O)/C(Cl)=N/O.CCOC(=O)C1=NOC(C)C1.CCOC(=O)c1cc(C)on1.CCc1cc(C)on1.Cc1cc(CO)no1. The van der Waals surface area contributed by atoms with Crippen molar-refractivity contribution in [1.82, 2.24) is 15.5 Å². The molecule has 3 aromatic heterocycles. The maximum atomic E-state index is 11.0. The van der Waals surface area contributed by atoms with Crippen molar-refractivity contribution in [2.45, 2.75) is 87.9 Å². The van der Waals surface area contributed by atoms with E-state index < -0.39 is 17.1 Å². The monoisotopic (exact) mass is 729 g/mol. The van der Waals surface area contributed by atoms with Gasteiger partial charge in [0.25, 0.3) is 5.17 Å². The first-order valence-corrected chi connectivity index (χ1v) is 15.7. The van der Waals surface area contributed by atoms with E-state index in [1.54, 1.807) is 46.8 Å². The summed E-state index contributed by atoms with van der Waals surface area (Å²) < 4.78 is 27.9. The zero-order valence-corrected chi connectivity index (χ0v) is 30.7. The third-order valence-electron chi connectivity index (χ3n) is 4.86. The number of esters is 3. The molecule has 18 heteroatoms. The predicted octanol–water partition coefficient (Wildman–Crippen LogP) is 5.66. The standard InChI is InChI=1S/C7H11NO3.C7H9NO3.C6H9NO.C5H7NO2.C4H6ClNO3.C3H6/c2*1-3-10-7(9)6-4-5(2)11-8-6;1-3-6-4-5(2)8-7-6;1-4-2-5(3-7)6-8-4;1-2-9-4(7)3(5)6-8;1-3-2/h5H,3-4H2,1-2H3;4H,3H2,1-2H3;4H,3H2,1-2H3;2,7H,3H2,1H3;8H,2H2,1H3;3H,1H2,2H3/b;;;;6-3-;. The minimum Gasteiger partial charge on any atom is -0.461 e. The highest BCUT2D eigenvalue weighted by Gasteiger charge is 2.23. The molecule has 3 aromatic rings. The Hall–Kier alpha value is -5.03. The lowest BCUT2D eigenvalue weighted by Gasteiger charge is -1.98. The third-order valence-corrected chi connectivity index (χ3v) is 5.09. The van der Waals surface area contributed by atoms with Crippen molar-refractivity contribution in [3.05, 3.63) is 65.2 Å². The van der Waals surface area contributed by atoms with Crippen LogP contribution < -0.4 is 0 Å².